The first-order valence-corrected chi connectivity index (χ1v) is 18.9. The van der Waals surface area contributed by atoms with Crippen molar-refractivity contribution in [3.8, 4) is 23.0 Å². The highest BCUT2D eigenvalue weighted by atomic mass is 16.7. The third-order valence-electron chi connectivity index (χ3n) is 10.9. The average Bonchev–Trinajstić information content (AvgIpc) is 3.95. The summed E-state index contributed by atoms with van der Waals surface area (Å²) in [5, 5.41) is 0. The largest absolute Gasteiger partial charge is 0.487 e. The molecule has 2 bridgehead atoms. The zero-order valence-electron chi connectivity index (χ0n) is 32.4. The van der Waals surface area contributed by atoms with Gasteiger partial charge in [-0.05, 0) is 116 Å². The summed E-state index contributed by atoms with van der Waals surface area (Å²) in [7, 11) is 3.24. The average molecular weight is 697 g/mol. The Morgan fingerprint density at radius 3 is 1.36 bits per heavy atom. The molecule has 8 heteroatoms. The molecule has 50 heavy (non-hydrogen) atoms. The maximum atomic E-state index is 5.84. The Balaban J connectivity index is 0.000000153. The van der Waals surface area contributed by atoms with Crippen molar-refractivity contribution in [3.05, 3.63) is 47.5 Å². The Morgan fingerprint density at radius 1 is 0.620 bits per heavy atom. The van der Waals surface area contributed by atoms with Gasteiger partial charge in [0.15, 0.2) is 35.6 Å². The summed E-state index contributed by atoms with van der Waals surface area (Å²) in [4.78, 5) is 0. The highest BCUT2D eigenvalue weighted by Crippen LogP contribution is 2.58. The van der Waals surface area contributed by atoms with Crippen LogP contribution < -0.4 is 18.9 Å². The Morgan fingerprint density at radius 2 is 1.02 bits per heavy atom. The van der Waals surface area contributed by atoms with Gasteiger partial charge in [0.2, 0.25) is 0 Å². The van der Waals surface area contributed by atoms with Gasteiger partial charge in [0.05, 0.1) is 13.2 Å². The number of hydrogen-bond donors (Lipinski definition) is 0. The summed E-state index contributed by atoms with van der Waals surface area (Å²) < 4.78 is 43.8. The molecule has 0 amide bonds. The highest BCUT2D eigenvalue weighted by Gasteiger charge is 2.48. The quantitative estimate of drug-likeness (QED) is 0.161. The molecule has 7 rings (SSSR count). The molecular formula is C42H64O8. The standard InChI is InChI=1S/2C16H24O4.C10H16/c2*1-11(17-5)20-14-7-6-12(16(2,3)4)8-15(14)19-10-13-9-18-13;1-2-9-7-4-5-8(6-7)10(9)3-1/h2*6-8,11,13H,9-10H2,1-5H3;7-10H,1-6H2. The topological polar surface area (TPSA) is 80.4 Å². The Bertz CT molecular complexity index is 1250. The second kappa shape index (κ2) is 16.9. The zero-order valence-corrected chi connectivity index (χ0v) is 32.4. The molecule has 280 valence electrons. The van der Waals surface area contributed by atoms with E-state index in [0.29, 0.717) is 24.7 Å². The molecule has 2 aliphatic heterocycles. The third-order valence-corrected chi connectivity index (χ3v) is 10.9. The van der Waals surface area contributed by atoms with E-state index in [1.165, 1.54) is 34.8 Å². The number of benzene rings is 2. The number of fused-ring (bicyclic) bond motifs is 5. The lowest BCUT2D eigenvalue weighted by Gasteiger charge is -2.23. The summed E-state index contributed by atoms with van der Waals surface area (Å²) >= 11 is 0. The summed E-state index contributed by atoms with van der Waals surface area (Å²) in [6.45, 7) is 19.4. The normalized spacial score (nSPS) is 27.2. The molecule has 0 aromatic heterocycles. The SMILES string of the molecule is C1CC2C3CCC(C3)C2C1.COC(C)Oc1ccc(C(C)(C)C)cc1OCC1CO1.COC(C)Oc1ccc(C(C)(C)C)cc1OCC1CO1. The predicted octanol–water partition coefficient (Wildman–Crippen LogP) is 9.10. The van der Waals surface area contributed by atoms with E-state index in [9.17, 15) is 0 Å². The van der Waals surface area contributed by atoms with Crippen molar-refractivity contribution in [2.45, 2.75) is 130 Å². The first-order valence-electron chi connectivity index (χ1n) is 18.9. The lowest BCUT2D eigenvalue weighted by Crippen LogP contribution is -2.16. The molecule has 8 nitrogen and oxygen atoms in total. The van der Waals surface area contributed by atoms with Crippen LogP contribution in [0, 0.1) is 23.7 Å². The first-order chi connectivity index (χ1) is 23.7. The van der Waals surface area contributed by atoms with Crippen molar-refractivity contribution in [2.75, 3.05) is 40.6 Å². The van der Waals surface area contributed by atoms with Crippen molar-refractivity contribution < 1.29 is 37.9 Å². The van der Waals surface area contributed by atoms with Gasteiger partial charge in [0, 0.05) is 14.2 Å². The zero-order chi connectivity index (χ0) is 36.1. The van der Waals surface area contributed by atoms with Gasteiger partial charge in [-0.2, -0.15) is 0 Å². The lowest BCUT2D eigenvalue weighted by molar-refractivity contribution is -0.0401. The van der Waals surface area contributed by atoms with Gasteiger partial charge in [0.1, 0.15) is 25.4 Å². The van der Waals surface area contributed by atoms with E-state index in [1.54, 1.807) is 52.7 Å². The molecule has 2 aromatic carbocycles. The molecule has 3 saturated carbocycles. The van der Waals surface area contributed by atoms with E-state index in [1.807, 2.05) is 38.1 Å². The van der Waals surface area contributed by atoms with Crippen molar-refractivity contribution in [3.63, 3.8) is 0 Å². The van der Waals surface area contributed by atoms with Gasteiger partial charge in [-0.15, -0.1) is 0 Å². The van der Waals surface area contributed by atoms with E-state index in [-0.39, 0.29) is 35.6 Å². The number of methoxy groups -OCH3 is 2. The molecule has 0 N–H and O–H groups in total. The van der Waals surface area contributed by atoms with Gasteiger partial charge < -0.3 is 37.9 Å². The molecule has 2 heterocycles. The lowest BCUT2D eigenvalue weighted by atomic mass is 9.82. The number of rotatable bonds is 12. The maximum Gasteiger partial charge on any atom is 0.196 e. The summed E-state index contributed by atoms with van der Waals surface area (Å²) in [5.41, 5.74) is 2.56. The van der Waals surface area contributed by atoms with Crippen molar-refractivity contribution >= 4 is 0 Å². The van der Waals surface area contributed by atoms with Crippen LogP contribution in [0.2, 0.25) is 0 Å². The van der Waals surface area contributed by atoms with E-state index in [4.69, 9.17) is 37.9 Å². The van der Waals surface area contributed by atoms with E-state index < -0.39 is 0 Å². The van der Waals surface area contributed by atoms with Crippen LogP contribution in [0.25, 0.3) is 0 Å². The molecule has 5 aliphatic rings. The number of hydrogen-bond acceptors (Lipinski definition) is 8. The van der Waals surface area contributed by atoms with Gasteiger partial charge in [-0.25, -0.2) is 0 Å². The van der Waals surface area contributed by atoms with Crippen LogP contribution in [0.3, 0.4) is 0 Å². The van der Waals surface area contributed by atoms with E-state index in [2.05, 4.69) is 53.7 Å². The monoisotopic (exact) mass is 696 g/mol. The second-order valence-electron chi connectivity index (χ2n) is 16.8. The summed E-state index contributed by atoms with van der Waals surface area (Å²) in [6, 6.07) is 12.1. The van der Waals surface area contributed by atoms with E-state index in [0.717, 1.165) is 24.7 Å². The molecular weight excluding hydrogens is 632 g/mol. The van der Waals surface area contributed by atoms with Crippen LogP contribution in [0.5, 0.6) is 23.0 Å². The van der Waals surface area contributed by atoms with Crippen molar-refractivity contribution in [2.24, 2.45) is 23.7 Å². The minimum atomic E-state index is -0.310. The predicted molar refractivity (Wildman–Crippen MR) is 197 cm³/mol. The van der Waals surface area contributed by atoms with Crippen LogP contribution in [0.1, 0.15) is 105 Å². The highest BCUT2D eigenvalue weighted by molar-refractivity contribution is 5.46. The first kappa shape index (κ1) is 38.7. The van der Waals surface area contributed by atoms with Gasteiger partial charge in [0.25, 0.3) is 0 Å². The molecule has 5 fully saturated rings. The molecule has 3 aliphatic carbocycles. The minimum absolute atomic E-state index is 0.0690. The van der Waals surface area contributed by atoms with Crippen molar-refractivity contribution in [1.82, 2.24) is 0 Å². The summed E-state index contributed by atoms with van der Waals surface area (Å²) in [6.07, 6.45) is 9.36. The Kier molecular flexibility index (Phi) is 13.1. The molecule has 0 radical (unpaired) electrons. The molecule has 0 spiro atoms. The third kappa shape index (κ3) is 11.0. The molecule has 2 saturated heterocycles. The summed E-state index contributed by atoms with van der Waals surface area (Å²) in [5.74, 6) is 7.70. The second-order valence-corrected chi connectivity index (χ2v) is 16.8. The van der Waals surface area contributed by atoms with Crippen molar-refractivity contribution in [1.29, 1.82) is 0 Å². The van der Waals surface area contributed by atoms with Gasteiger partial charge >= 0.3 is 0 Å². The van der Waals surface area contributed by atoms with Crippen LogP contribution in [0.15, 0.2) is 36.4 Å². The fourth-order valence-corrected chi connectivity index (χ4v) is 7.54. The fourth-order valence-electron chi connectivity index (χ4n) is 7.54. The Labute approximate surface area is 301 Å². The van der Waals surface area contributed by atoms with E-state index >= 15 is 0 Å². The van der Waals surface area contributed by atoms with Crippen LogP contribution in [-0.4, -0.2) is 65.4 Å². The van der Waals surface area contributed by atoms with Gasteiger partial charge in [-0.3, -0.25) is 0 Å². The van der Waals surface area contributed by atoms with Crippen LogP contribution in [-0.2, 0) is 29.8 Å². The van der Waals surface area contributed by atoms with Gasteiger partial charge in [-0.1, -0.05) is 60.1 Å². The smallest absolute Gasteiger partial charge is 0.196 e. The molecule has 8 atom stereocenters. The fraction of sp³-hybridized carbons (Fsp3) is 0.714. The maximum absolute atomic E-state index is 5.84. The van der Waals surface area contributed by atoms with Crippen LogP contribution >= 0.6 is 0 Å². The number of epoxide rings is 2. The minimum Gasteiger partial charge on any atom is -0.487 e. The molecule has 8 unspecified atom stereocenters. The molecule has 2 aromatic rings. The number of ether oxygens (including phenoxy) is 8. The Hall–Kier alpha value is -2.52. The van der Waals surface area contributed by atoms with Crippen LogP contribution in [0.4, 0.5) is 0 Å².